The van der Waals surface area contributed by atoms with Crippen LogP contribution in [0.5, 0.6) is 0 Å². The van der Waals surface area contributed by atoms with E-state index in [0.29, 0.717) is 41.7 Å². The molecule has 8 nitrogen and oxygen atoms in total. The number of methoxy groups -OCH3 is 1. The lowest BCUT2D eigenvalue weighted by molar-refractivity contribution is 0.0600. The first kappa shape index (κ1) is 27.6. The lowest BCUT2D eigenvalue weighted by Crippen LogP contribution is -2.35. The minimum absolute atomic E-state index is 0. The first-order valence-corrected chi connectivity index (χ1v) is 13.9. The molecule has 2 aliphatic heterocycles. The Morgan fingerprint density at radius 2 is 1.71 bits per heavy atom. The van der Waals surface area contributed by atoms with E-state index in [9.17, 15) is 18.0 Å². The zero-order chi connectivity index (χ0) is 24.5. The number of fused-ring (bicyclic) bond motifs is 1. The maximum atomic E-state index is 13.0. The van der Waals surface area contributed by atoms with Crippen LogP contribution >= 0.6 is 23.7 Å². The van der Waals surface area contributed by atoms with Gasteiger partial charge in [-0.3, -0.25) is 9.69 Å². The van der Waals surface area contributed by atoms with E-state index in [-0.39, 0.29) is 17.3 Å². The quantitative estimate of drug-likeness (QED) is 0.552. The zero-order valence-corrected chi connectivity index (χ0v) is 22.7. The Kier molecular flexibility index (Phi) is 8.98. The van der Waals surface area contributed by atoms with E-state index in [0.717, 1.165) is 42.8 Å². The van der Waals surface area contributed by atoms with Gasteiger partial charge in [-0.15, -0.1) is 23.7 Å². The highest BCUT2D eigenvalue weighted by Crippen LogP contribution is 2.38. The molecule has 192 valence electrons. The van der Waals surface area contributed by atoms with Gasteiger partial charge in [0.1, 0.15) is 5.00 Å². The van der Waals surface area contributed by atoms with E-state index in [2.05, 4.69) is 24.1 Å². The van der Waals surface area contributed by atoms with E-state index < -0.39 is 21.9 Å². The minimum atomic E-state index is -3.56. The number of carbonyl (C=O) groups is 2. The average molecular weight is 542 g/mol. The first-order valence-electron chi connectivity index (χ1n) is 11.6. The van der Waals surface area contributed by atoms with Crippen LogP contribution in [0, 0.1) is 0 Å². The maximum Gasteiger partial charge on any atom is 0.341 e. The van der Waals surface area contributed by atoms with Crippen LogP contribution in [0.2, 0.25) is 0 Å². The molecule has 1 amide bonds. The van der Waals surface area contributed by atoms with Crippen LogP contribution < -0.4 is 5.32 Å². The van der Waals surface area contributed by atoms with Crippen LogP contribution in [-0.2, 0) is 27.7 Å². The summed E-state index contributed by atoms with van der Waals surface area (Å²) in [5, 5.41) is 3.34. The average Bonchev–Trinajstić information content (AvgIpc) is 3.21. The molecule has 2 aromatic rings. The van der Waals surface area contributed by atoms with Crippen LogP contribution in [-0.4, -0.2) is 62.3 Å². The number of sulfonamides is 1. The van der Waals surface area contributed by atoms with Gasteiger partial charge in [0.25, 0.3) is 5.91 Å². The second-order valence-electron chi connectivity index (χ2n) is 8.96. The summed E-state index contributed by atoms with van der Waals surface area (Å²) in [7, 11) is -2.23. The molecular formula is C24H32ClN3O5S2. The number of amides is 1. The molecule has 0 spiro atoms. The van der Waals surface area contributed by atoms with Gasteiger partial charge < -0.3 is 10.1 Å². The monoisotopic (exact) mass is 541 g/mol. The normalized spacial score (nSPS) is 16.9. The Labute approximate surface area is 217 Å². The number of nitrogens with zero attached hydrogens (tertiary/aromatic N) is 2. The van der Waals surface area contributed by atoms with Gasteiger partial charge in [-0.25, -0.2) is 13.2 Å². The molecule has 35 heavy (non-hydrogen) atoms. The first-order chi connectivity index (χ1) is 16.2. The molecule has 3 heterocycles. The second-order valence-corrected chi connectivity index (χ2v) is 12.0. The Balaban J connectivity index is 0.00000342. The lowest BCUT2D eigenvalue weighted by atomic mass is 10.0. The van der Waals surface area contributed by atoms with Crippen molar-refractivity contribution in [2.24, 2.45) is 0 Å². The van der Waals surface area contributed by atoms with Gasteiger partial charge in [0.2, 0.25) is 10.0 Å². The summed E-state index contributed by atoms with van der Waals surface area (Å²) < 4.78 is 32.3. The molecule has 1 fully saturated rings. The van der Waals surface area contributed by atoms with Crippen LogP contribution in [0.1, 0.15) is 64.3 Å². The van der Waals surface area contributed by atoms with E-state index in [1.807, 2.05) is 0 Å². The van der Waals surface area contributed by atoms with Gasteiger partial charge >= 0.3 is 5.97 Å². The highest BCUT2D eigenvalue weighted by molar-refractivity contribution is 7.89. The number of halogens is 1. The van der Waals surface area contributed by atoms with Crippen LogP contribution in [0.15, 0.2) is 29.2 Å². The molecule has 1 N–H and O–H groups in total. The van der Waals surface area contributed by atoms with Crippen LogP contribution in [0.4, 0.5) is 5.00 Å². The zero-order valence-electron chi connectivity index (χ0n) is 20.2. The summed E-state index contributed by atoms with van der Waals surface area (Å²) in [5.41, 5.74) is 1.68. The number of carbonyl (C=O) groups excluding carboxylic acids is 2. The molecule has 2 aliphatic rings. The van der Waals surface area contributed by atoms with Crippen molar-refractivity contribution < 1.29 is 22.7 Å². The smallest absolute Gasteiger partial charge is 0.341 e. The number of piperidine rings is 1. The maximum absolute atomic E-state index is 13.0. The molecule has 0 aliphatic carbocycles. The Morgan fingerprint density at radius 1 is 1.06 bits per heavy atom. The number of ether oxygens (including phenoxy) is 1. The fraction of sp³-hybridized carbons (Fsp3) is 0.500. The van der Waals surface area contributed by atoms with Gasteiger partial charge in [0.15, 0.2) is 0 Å². The number of hydrogen-bond acceptors (Lipinski definition) is 7. The Morgan fingerprint density at radius 3 is 2.31 bits per heavy atom. The second kappa shape index (κ2) is 11.4. The fourth-order valence-corrected chi connectivity index (χ4v) is 7.25. The predicted octanol–water partition coefficient (Wildman–Crippen LogP) is 4.15. The summed E-state index contributed by atoms with van der Waals surface area (Å²) >= 11 is 1.40. The summed E-state index contributed by atoms with van der Waals surface area (Å²) in [4.78, 5) is 29.1. The van der Waals surface area contributed by atoms with Crippen LogP contribution in [0.3, 0.4) is 0 Å². The molecule has 0 bridgehead atoms. The van der Waals surface area contributed by atoms with Gasteiger partial charge in [-0.05, 0) is 62.9 Å². The van der Waals surface area contributed by atoms with E-state index in [4.69, 9.17) is 4.74 Å². The molecule has 1 aromatic heterocycles. The van der Waals surface area contributed by atoms with Gasteiger partial charge in [0.05, 0.1) is 17.6 Å². The molecule has 11 heteroatoms. The third-order valence-corrected chi connectivity index (χ3v) is 9.55. The Hall–Kier alpha value is -1.98. The minimum Gasteiger partial charge on any atom is -0.465 e. The number of hydrogen-bond donors (Lipinski definition) is 1. The highest BCUT2D eigenvalue weighted by atomic mass is 35.5. The molecule has 1 aromatic carbocycles. The summed E-state index contributed by atoms with van der Waals surface area (Å²) in [5.74, 6) is -0.861. The fourth-order valence-electron chi connectivity index (χ4n) is 4.48. The molecule has 0 saturated carbocycles. The molecule has 4 rings (SSSR count). The van der Waals surface area contributed by atoms with Crippen molar-refractivity contribution in [1.82, 2.24) is 9.21 Å². The van der Waals surface area contributed by atoms with E-state index in [1.54, 1.807) is 0 Å². The van der Waals surface area contributed by atoms with E-state index in [1.165, 1.54) is 47.0 Å². The number of nitrogens with one attached hydrogen (secondary N) is 1. The molecular weight excluding hydrogens is 510 g/mol. The number of esters is 1. The number of anilines is 1. The molecule has 0 unspecified atom stereocenters. The predicted molar refractivity (Wildman–Crippen MR) is 139 cm³/mol. The van der Waals surface area contributed by atoms with Crippen LogP contribution in [0.25, 0.3) is 0 Å². The topological polar surface area (TPSA) is 96.0 Å². The third kappa shape index (κ3) is 5.72. The van der Waals surface area contributed by atoms with Crippen molar-refractivity contribution in [1.29, 1.82) is 0 Å². The standard InChI is InChI=1S/C24H31N3O5S2.ClH/c1-16(2)26-14-11-19-20(15-26)33-23(21(19)24(29)32-3)25-22(28)17-7-9-18(10-8-17)34(30,31)27-12-5-4-6-13-27;/h7-10,16H,4-6,11-15H2,1-3H3,(H,25,28);1H. The van der Waals surface area contributed by atoms with Crippen molar-refractivity contribution in [3.63, 3.8) is 0 Å². The van der Waals surface area contributed by atoms with E-state index >= 15 is 0 Å². The van der Waals surface area contributed by atoms with Crippen molar-refractivity contribution in [3.05, 3.63) is 45.8 Å². The summed E-state index contributed by atoms with van der Waals surface area (Å²) in [6.07, 6.45) is 3.48. The number of rotatable bonds is 6. The summed E-state index contributed by atoms with van der Waals surface area (Å²) in [6.45, 7) is 6.89. The van der Waals surface area contributed by atoms with Crippen molar-refractivity contribution >= 4 is 50.6 Å². The lowest BCUT2D eigenvalue weighted by Gasteiger charge is -2.30. The Bertz CT molecular complexity index is 1170. The third-order valence-electron chi connectivity index (χ3n) is 6.50. The molecule has 0 atom stereocenters. The summed E-state index contributed by atoms with van der Waals surface area (Å²) in [6, 6.07) is 6.35. The van der Waals surface area contributed by atoms with Crippen molar-refractivity contribution in [3.8, 4) is 0 Å². The largest absolute Gasteiger partial charge is 0.465 e. The van der Waals surface area contributed by atoms with Crippen molar-refractivity contribution in [2.45, 2.75) is 57.0 Å². The van der Waals surface area contributed by atoms with Gasteiger partial charge in [-0.2, -0.15) is 4.31 Å². The number of benzene rings is 1. The van der Waals surface area contributed by atoms with Crippen molar-refractivity contribution in [2.75, 3.05) is 32.1 Å². The van der Waals surface area contributed by atoms with Gasteiger partial charge in [0, 0.05) is 42.7 Å². The highest BCUT2D eigenvalue weighted by Gasteiger charge is 2.30. The van der Waals surface area contributed by atoms with Gasteiger partial charge in [-0.1, -0.05) is 6.42 Å². The number of thiophene rings is 1. The molecule has 1 saturated heterocycles. The SMILES string of the molecule is COC(=O)c1c(NC(=O)c2ccc(S(=O)(=O)N3CCCCC3)cc2)sc2c1CCN(C(C)C)C2.Cl. The molecule has 0 radical (unpaired) electrons.